The molecule has 0 aliphatic carbocycles. The molecule has 0 spiro atoms. The van der Waals surface area contributed by atoms with E-state index in [1.54, 1.807) is 0 Å². The third kappa shape index (κ3) is 4.69. The number of phenolic OH excluding ortho intramolecular Hbond substituents is 1. The van der Waals surface area contributed by atoms with Crippen LogP contribution in [0.5, 0.6) is 5.75 Å². The van der Waals surface area contributed by atoms with E-state index in [4.69, 9.17) is 0 Å². The molecule has 9 nitrogen and oxygen atoms in total. The Hall–Kier alpha value is -3.22. The summed E-state index contributed by atoms with van der Waals surface area (Å²) in [6, 6.07) is 3.85. The molecule has 0 aliphatic rings. The van der Waals surface area contributed by atoms with Gasteiger partial charge in [0.1, 0.15) is 11.4 Å². The van der Waals surface area contributed by atoms with Crippen molar-refractivity contribution in [3.63, 3.8) is 0 Å². The molecular formula is C14H8BrF3N4O5. The van der Waals surface area contributed by atoms with Crippen molar-refractivity contribution in [1.29, 1.82) is 0 Å². The number of nitro groups is 2. The molecule has 0 aliphatic heterocycles. The van der Waals surface area contributed by atoms with Crippen LogP contribution < -0.4 is 5.43 Å². The summed E-state index contributed by atoms with van der Waals surface area (Å²) in [4.78, 5) is 20.1. The molecular weight excluding hydrogens is 441 g/mol. The summed E-state index contributed by atoms with van der Waals surface area (Å²) in [5, 5.41) is 35.2. The number of alkyl halides is 3. The van der Waals surface area contributed by atoms with Gasteiger partial charge in [-0.25, -0.2) is 0 Å². The number of benzene rings is 2. The van der Waals surface area contributed by atoms with E-state index in [0.717, 1.165) is 24.4 Å². The highest BCUT2D eigenvalue weighted by Crippen LogP contribution is 2.35. The maximum atomic E-state index is 12.7. The van der Waals surface area contributed by atoms with Crippen molar-refractivity contribution in [2.45, 2.75) is 6.18 Å². The number of non-ortho nitro benzene ring substituents is 1. The van der Waals surface area contributed by atoms with Crippen LogP contribution >= 0.6 is 15.9 Å². The van der Waals surface area contributed by atoms with Gasteiger partial charge in [0, 0.05) is 23.8 Å². The molecule has 0 saturated carbocycles. The Bertz CT molecular complexity index is 949. The molecule has 0 radical (unpaired) electrons. The third-order valence-electron chi connectivity index (χ3n) is 3.20. The maximum Gasteiger partial charge on any atom is 0.416 e. The first-order chi connectivity index (χ1) is 12.5. The van der Waals surface area contributed by atoms with E-state index in [-0.39, 0.29) is 27.2 Å². The van der Waals surface area contributed by atoms with Gasteiger partial charge in [0.25, 0.3) is 11.4 Å². The first kappa shape index (κ1) is 20.1. The Morgan fingerprint density at radius 2 is 1.81 bits per heavy atom. The standard InChI is InChI=1S/C14H8BrF3N4O5/c15-10-5-9(21(24)25)3-7(13(10)23)6-19-20-11-2-1-8(14(16,17)18)4-12(11)22(26)27/h1-6,20,23H/b19-6-. The van der Waals surface area contributed by atoms with Crippen molar-refractivity contribution in [3.05, 3.63) is 66.2 Å². The van der Waals surface area contributed by atoms with Crippen molar-refractivity contribution in [2.24, 2.45) is 5.10 Å². The van der Waals surface area contributed by atoms with Crippen molar-refractivity contribution < 1.29 is 28.1 Å². The van der Waals surface area contributed by atoms with E-state index in [1.165, 1.54) is 0 Å². The van der Waals surface area contributed by atoms with Gasteiger partial charge in [-0.15, -0.1) is 0 Å². The molecule has 0 heterocycles. The lowest BCUT2D eigenvalue weighted by atomic mass is 10.1. The van der Waals surface area contributed by atoms with E-state index in [2.05, 4.69) is 26.5 Å². The van der Waals surface area contributed by atoms with Crippen LogP contribution in [-0.4, -0.2) is 21.2 Å². The number of hydrogen-bond acceptors (Lipinski definition) is 7. The normalized spacial score (nSPS) is 11.6. The highest BCUT2D eigenvalue weighted by molar-refractivity contribution is 9.10. The second-order valence-electron chi connectivity index (χ2n) is 4.98. The van der Waals surface area contributed by atoms with Crippen LogP contribution in [-0.2, 0) is 6.18 Å². The summed E-state index contributed by atoms with van der Waals surface area (Å²) in [7, 11) is 0. The Morgan fingerprint density at radius 3 is 2.37 bits per heavy atom. The zero-order valence-electron chi connectivity index (χ0n) is 12.9. The topological polar surface area (TPSA) is 131 Å². The van der Waals surface area contributed by atoms with Gasteiger partial charge in [0.05, 0.1) is 26.1 Å². The molecule has 2 N–H and O–H groups in total. The lowest BCUT2D eigenvalue weighted by Gasteiger charge is -2.08. The van der Waals surface area contributed by atoms with Crippen LogP contribution in [0.4, 0.5) is 30.2 Å². The highest BCUT2D eigenvalue weighted by atomic mass is 79.9. The van der Waals surface area contributed by atoms with Crippen LogP contribution in [0.3, 0.4) is 0 Å². The fourth-order valence-corrected chi connectivity index (χ4v) is 2.40. The molecule has 0 unspecified atom stereocenters. The zero-order chi connectivity index (χ0) is 20.4. The molecule has 142 valence electrons. The van der Waals surface area contributed by atoms with Gasteiger partial charge in [0.15, 0.2) is 0 Å². The van der Waals surface area contributed by atoms with Gasteiger partial charge in [0.2, 0.25) is 0 Å². The van der Waals surface area contributed by atoms with Crippen molar-refractivity contribution >= 4 is 39.2 Å². The van der Waals surface area contributed by atoms with Gasteiger partial charge in [-0.2, -0.15) is 18.3 Å². The molecule has 0 fully saturated rings. The van der Waals surface area contributed by atoms with E-state index >= 15 is 0 Å². The van der Waals surface area contributed by atoms with Gasteiger partial charge >= 0.3 is 6.18 Å². The molecule has 2 rings (SSSR count). The number of halogens is 4. The number of anilines is 1. The maximum absolute atomic E-state index is 12.7. The molecule has 13 heteroatoms. The van der Waals surface area contributed by atoms with Gasteiger partial charge in [-0.05, 0) is 28.1 Å². The molecule has 0 saturated heterocycles. The minimum Gasteiger partial charge on any atom is -0.506 e. The fraction of sp³-hybridized carbons (Fsp3) is 0.0714. The minimum absolute atomic E-state index is 0.0126. The third-order valence-corrected chi connectivity index (χ3v) is 3.80. The number of aromatic hydroxyl groups is 1. The number of nitrogens with zero attached hydrogens (tertiary/aromatic N) is 3. The van der Waals surface area contributed by atoms with Crippen LogP contribution in [0, 0.1) is 20.2 Å². The average Bonchev–Trinajstić information content (AvgIpc) is 2.57. The summed E-state index contributed by atoms with van der Waals surface area (Å²) >= 11 is 2.93. The van der Waals surface area contributed by atoms with Gasteiger partial charge in [-0.1, -0.05) is 0 Å². The second-order valence-corrected chi connectivity index (χ2v) is 5.83. The molecule has 0 bridgehead atoms. The Labute approximate surface area is 156 Å². The summed E-state index contributed by atoms with van der Waals surface area (Å²) in [5.74, 6) is -0.381. The quantitative estimate of drug-likeness (QED) is 0.394. The molecule has 27 heavy (non-hydrogen) atoms. The van der Waals surface area contributed by atoms with Crippen LogP contribution in [0.2, 0.25) is 0 Å². The van der Waals surface area contributed by atoms with Crippen LogP contribution in [0.15, 0.2) is 39.9 Å². The van der Waals surface area contributed by atoms with Crippen molar-refractivity contribution in [3.8, 4) is 5.75 Å². The summed E-state index contributed by atoms with van der Waals surface area (Å²) in [6.07, 6.45) is -3.83. The number of phenols is 1. The second kappa shape index (κ2) is 7.57. The summed E-state index contributed by atoms with van der Waals surface area (Å²) in [6.45, 7) is 0. The van der Waals surface area contributed by atoms with E-state index in [1.807, 2.05) is 0 Å². The number of nitro benzene ring substituents is 2. The number of nitrogens with one attached hydrogen (secondary N) is 1. The SMILES string of the molecule is O=[N+]([O-])c1cc(Br)c(O)c(/C=N\Nc2ccc(C(F)(F)F)cc2[N+](=O)[O-])c1. The van der Waals surface area contributed by atoms with Gasteiger partial charge < -0.3 is 5.11 Å². The predicted molar refractivity (Wildman–Crippen MR) is 91.8 cm³/mol. The van der Waals surface area contributed by atoms with Crippen molar-refractivity contribution in [1.82, 2.24) is 0 Å². The Kier molecular flexibility index (Phi) is 5.64. The van der Waals surface area contributed by atoms with Crippen LogP contribution in [0.1, 0.15) is 11.1 Å². The monoisotopic (exact) mass is 448 g/mol. The highest BCUT2D eigenvalue weighted by Gasteiger charge is 2.33. The number of hydrogen-bond donors (Lipinski definition) is 2. The average molecular weight is 449 g/mol. The lowest BCUT2D eigenvalue weighted by Crippen LogP contribution is -2.06. The molecule has 0 aromatic heterocycles. The smallest absolute Gasteiger partial charge is 0.416 e. The summed E-state index contributed by atoms with van der Waals surface area (Å²) < 4.78 is 38.0. The Balaban J connectivity index is 2.34. The molecule has 0 atom stereocenters. The Morgan fingerprint density at radius 1 is 1.15 bits per heavy atom. The first-order valence-corrected chi connectivity index (χ1v) is 7.61. The van der Waals surface area contributed by atoms with E-state index in [0.29, 0.717) is 12.1 Å². The lowest BCUT2D eigenvalue weighted by molar-refractivity contribution is -0.385. The van der Waals surface area contributed by atoms with Gasteiger partial charge in [-0.3, -0.25) is 25.7 Å². The van der Waals surface area contributed by atoms with Crippen LogP contribution in [0.25, 0.3) is 0 Å². The van der Waals surface area contributed by atoms with E-state index in [9.17, 15) is 38.5 Å². The predicted octanol–water partition coefficient (Wildman–Crippen LogP) is 4.44. The molecule has 2 aromatic rings. The van der Waals surface area contributed by atoms with Crippen molar-refractivity contribution in [2.75, 3.05) is 5.43 Å². The minimum atomic E-state index is -4.76. The number of rotatable bonds is 5. The fourth-order valence-electron chi connectivity index (χ4n) is 1.93. The molecule has 2 aromatic carbocycles. The summed E-state index contributed by atoms with van der Waals surface area (Å²) in [5.41, 5.74) is -0.691. The number of hydrazone groups is 1. The largest absolute Gasteiger partial charge is 0.506 e. The van der Waals surface area contributed by atoms with E-state index < -0.39 is 27.3 Å². The molecule has 0 amide bonds. The first-order valence-electron chi connectivity index (χ1n) is 6.82. The zero-order valence-corrected chi connectivity index (χ0v) is 14.5.